The molecule has 28 heavy (non-hydrogen) atoms. The third kappa shape index (κ3) is 3.52. The van der Waals surface area contributed by atoms with Crippen LogP contribution in [-0.2, 0) is 19.1 Å². The van der Waals surface area contributed by atoms with E-state index in [1.54, 1.807) is 9.80 Å². The summed E-state index contributed by atoms with van der Waals surface area (Å²) in [5.74, 6) is 0.435. The Balaban J connectivity index is 1.49. The average Bonchev–Trinajstić information content (AvgIpc) is 3.12. The topological polar surface area (TPSA) is 66.9 Å². The molecule has 2 fully saturated rings. The van der Waals surface area contributed by atoms with Gasteiger partial charge in [0.25, 0.3) is 0 Å². The number of methoxy groups -OCH3 is 1. The summed E-state index contributed by atoms with van der Waals surface area (Å²) in [6.45, 7) is 0.344. The second-order valence-electron chi connectivity index (χ2n) is 7.74. The fourth-order valence-electron chi connectivity index (χ4n) is 4.90. The zero-order chi connectivity index (χ0) is 19.7. The lowest BCUT2D eigenvalue weighted by atomic mass is 9.84. The van der Waals surface area contributed by atoms with Crippen LogP contribution in [0.3, 0.4) is 0 Å². The number of hydrogen-bond donors (Lipinski definition) is 0. The molecule has 0 radical (unpaired) electrons. The van der Waals surface area contributed by atoms with Crippen LogP contribution in [0.2, 0.25) is 0 Å². The van der Waals surface area contributed by atoms with E-state index >= 15 is 0 Å². The predicted molar refractivity (Wildman–Crippen MR) is 107 cm³/mol. The van der Waals surface area contributed by atoms with Crippen molar-refractivity contribution < 1.29 is 19.1 Å². The molecule has 0 unspecified atom stereocenters. The summed E-state index contributed by atoms with van der Waals surface area (Å²) in [4.78, 5) is 42.5. The number of esters is 1. The monoisotopic (exact) mass is 402 g/mol. The van der Waals surface area contributed by atoms with E-state index in [2.05, 4.69) is 0 Å². The van der Waals surface area contributed by atoms with Crippen LogP contribution < -0.4 is 4.90 Å². The van der Waals surface area contributed by atoms with Crippen LogP contribution in [0.25, 0.3) is 0 Å². The van der Waals surface area contributed by atoms with Crippen LogP contribution in [0.4, 0.5) is 5.69 Å². The summed E-state index contributed by atoms with van der Waals surface area (Å²) >= 11 is 1.53. The Labute approximate surface area is 169 Å². The number of ether oxygens (including phenoxy) is 1. The lowest BCUT2D eigenvalue weighted by Crippen LogP contribution is -2.48. The number of likely N-dealkylation sites (tertiary alicyclic amines) is 1. The van der Waals surface area contributed by atoms with Gasteiger partial charge < -0.3 is 14.5 Å². The van der Waals surface area contributed by atoms with Gasteiger partial charge in [-0.05, 0) is 37.3 Å². The highest BCUT2D eigenvalue weighted by Crippen LogP contribution is 2.41. The fourth-order valence-corrected chi connectivity index (χ4v) is 5.84. The molecule has 1 saturated heterocycles. The largest absolute Gasteiger partial charge is 0.467 e. The molecule has 0 bridgehead atoms. The van der Waals surface area contributed by atoms with Crippen molar-refractivity contribution in [1.29, 1.82) is 0 Å². The molecule has 1 aromatic carbocycles. The zero-order valence-corrected chi connectivity index (χ0v) is 17.0. The molecule has 1 aliphatic carbocycles. The number of hydrogen-bond acceptors (Lipinski definition) is 5. The van der Waals surface area contributed by atoms with Gasteiger partial charge in [0.2, 0.25) is 11.8 Å². The number of rotatable bonds is 4. The Kier molecular flexibility index (Phi) is 5.62. The molecule has 2 aliphatic heterocycles. The number of carbonyl (C=O) groups excluding carboxylic acids is 3. The second kappa shape index (κ2) is 8.15. The van der Waals surface area contributed by atoms with Crippen LogP contribution in [0, 0.1) is 5.92 Å². The molecule has 2 heterocycles. The second-order valence-corrected chi connectivity index (χ2v) is 8.76. The highest BCUT2D eigenvalue weighted by molar-refractivity contribution is 8.00. The van der Waals surface area contributed by atoms with Gasteiger partial charge in [0.15, 0.2) is 0 Å². The predicted octanol–water partition coefficient (Wildman–Crippen LogP) is 2.85. The lowest BCUT2D eigenvalue weighted by molar-refractivity contribution is -0.152. The molecule has 3 aliphatic rings. The molecule has 0 aromatic heterocycles. The summed E-state index contributed by atoms with van der Waals surface area (Å²) in [6.07, 6.45) is 5.19. The number of para-hydroxylation sites is 1. The molecule has 6 nitrogen and oxygen atoms in total. The van der Waals surface area contributed by atoms with Gasteiger partial charge in [0, 0.05) is 23.9 Å². The summed E-state index contributed by atoms with van der Waals surface area (Å²) < 4.78 is 4.98. The van der Waals surface area contributed by atoms with Crippen LogP contribution in [0.1, 0.15) is 38.5 Å². The first-order chi connectivity index (χ1) is 13.6. The van der Waals surface area contributed by atoms with Crippen molar-refractivity contribution in [2.75, 3.05) is 24.3 Å². The highest BCUT2D eigenvalue weighted by Gasteiger charge is 2.47. The van der Waals surface area contributed by atoms with Crippen LogP contribution >= 0.6 is 11.8 Å². The zero-order valence-electron chi connectivity index (χ0n) is 16.1. The molecule has 0 N–H and O–H groups in total. The van der Waals surface area contributed by atoms with Crippen molar-refractivity contribution in [3.8, 4) is 0 Å². The smallest absolute Gasteiger partial charge is 0.328 e. The summed E-state index contributed by atoms with van der Waals surface area (Å²) in [5, 5.41) is 0. The lowest BCUT2D eigenvalue weighted by Gasteiger charge is -2.34. The average molecular weight is 403 g/mol. The third-order valence-electron chi connectivity index (χ3n) is 6.21. The first-order valence-corrected chi connectivity index (χ1v) is 11.0. The minimum absolute atomic E-state index is 0.0259. The van der Waals surface area contributed by atoms with Crippen molar-refractivity contribution in [3.05, 3.63) is 24.3 Å². The van der Waals surface area contributed by atoms with E-state index in [0.29, 0.717) is 24.6 Å². The van der Waals surface area contributed by atoms with Gasteiger partial charge in [-0.25, -0.2) is 4.79 Å². The Hall–Kier alpha value is -2.02. The van der Waals surface area contributed by atoms with Gasteiger partial charge in [0.05, 0.1) is 18.6 Å². The van der Waals surface area contributed by atoms with Crippen molar-refractivity contribution in [1.82, 2.24) is 4.90 Å². The quantitative estimate of drug-likeness (QED) is 0.725. The number of anilines is 1. The van der Waals surface area contributed by atoms with Gasteiger partial charge in [-0.3, -0.25) is 9.59 Å². The minimum atomic E-state index is -0.481. The fraction of sp³-hybridized carbons (Fsp3) is 0.571. The van der Waals surface area contributed by atoms with Gasteiger partial charge >= 0.3 is 5.97 Å². The standard InChI is InChI=1S/C21H26N2O4S/c1-27-21(26)17-12-14-6-2-3-7-15(14)23(17)19(24)10-11-22-16-8-4-5-9-18(16)28-13-20(22)25/h4-5,8-9,14-15,17H,2-3,6-7,10-13H2,1H3/t14-,15-,17+/m0/s1. The van der Waals surface area contributed by atoms with Crippen molar-refractivity contribution >= 4 is 35.2 Å². The third-order valence-corrected chi connectivity index (χ3v) is 7.25. The number of amides is 2. The van der Waals surface area contributed by atoms with E-state index in [-0.39, 0.29) is 30.2 Å². The first-order valence-electron chi connectivity index (χ1n) is 10.0. The van der Waals surface area contributed by atoms with Gasteiger partial charge in [-0.15, -0.1) is 11.8 Å². The molecule has 3 atom stereocenters. The van der Waals surface area contributed by atoms with E-state index < -0.39 is 6.04 Å². The van der Waals surface area contributed by atoms with E-state index in [1.165, 1.54) is 18.9 Å². The SMILES string of the molecule is COC(=O)[C@H]1C[C@@H]2CCCC[C@@H]2N1C(=O)CCN1C(=O)CSc2ccccc21. The first kappa shape index (κ1) is 19.3. The number of nitrogens with zero attached hydrogens (tertiary/aromatic N) is 2. The maximum absolute atomic E-state index is 13.2. The maximum atomic E-state index is 13.2. The Morgan fingerprint density at radius 3 is 2.82 bits per heavy atom. The van der Waals surface area contributed by atoms with Crippen LogP contribution in [0.15, 0.2) is 29.2 Å². The molecule has 2 amide bonds. The summed E-state index contributed by atoms with van der Waals surface area (Å²) in [6, 6.07) is 7.44. The summed E-state index contributed by atoms with van der Waals surface area (Å²) in [7, 11) is 1.38. The summed E-state index contributed by atoms with van der Waals surface area (Å²) in [5.41, 5.74) is 0.873. The molecular weight excluding hydrogens is 376 g/mol. The molecule has 1 aromatic rings. The Morgan fingerprint density at radius 2 is 2.00 bits per heavy atom. The maximum Gasteiger partial charge on any atom is 0.328 e. The van der Waals surface area contributed by atoms with Crippen molar-refractivity contribution in [2.24, 2.45) is 5.92 Å². The number of thioether (sulfide) groups is 1. The number of carbonyl (C=O) groups is 3. The van der Waals surface area contributed by atoms with Crippen molar-refractivity contribution in [2.45, 2.75) is 55.5 Å². The molecule has 4 rings (SSSR count). The van der Waals surface area contributed by atoms with E-state index in [4.69, 9.17) is 4.74 Å². The van der Waals surface area contributed by atoms with Gasteiger partial charge in [0.1, 0.15) is 6.04 Å². The normalized spacial score (nSPS) is 26.6. The minimum Gasteiger partial charge on any atom is -0.467 e. The highest BCUT2D eigenvalue weighted by atomic mass is 32.2. The van der Waals surface area contributed by atoms with E-state index in [9.17, 15) is 14.4 Å². The van der Waals surface area contributed by atoms with Gasteiger partial charge in [-0.2, -0.15) is 0 Å². The van der Waals surface area contributed by atoms with E-state index in [0.717, 1.165) is 36.3 Å². The van der Waals surface area contributed by atoms with E-state index in [1.807, 2.05) is 24.3 Å². The van der Waals surface area contributed by atoms with Crippen LogP contribution in [0.5, 0.6) is 0 Å². The molecular formula is C21H26N2O4S. The molecule has 1 saturated carbocycles. The molecule has 150 valence electrons. The Bertz CT molecular complexity index is 783. The molecule has 7 heteroatoms. The number of benzene rings is 1. The number of fused-ring (bicyclic) bond motifs is 2. The molecule has 0 spiro atoms. The van der Waals surface area contributed by atoms with Crippen molar-refractivity contribution in [3.63, 3.8) is 0 Å². The van der Waals surface area contributed by atoms with Crippen LogP contribution in [-0.4, -0.2) is 54.2 Å². The Morgan fingerprint density at radius 1 is 1.21 bits per heavy atom. The van der Waals surface area contributed by atoms with Gasteiger partial charge in [-0.1, -0.05) is 25.0 Å².